The molecule has 1 fully saturated rings. The molecule has 3 aromatic rings. The molecule has 0 unspecified atom stereocenters. The molecule has 0 radical (unpaired) electrons. The van der Waals surface area contributed by atoms with Gasteiger partial charge in [0.25, 0.3) is 5.56 Å². The fourth-order valence-corrected chi connectivity index (χ4v) is 3.95. The van der Waals surface area contributed by atoms with E-state index < -0.39 is 23.8 Å². The molecular weight excluding hydrogens is 477 g/mol. The van der Waals surface area contributed by atoms with Crippen LogP contribution in [0, 0.1) is 12.7 Å². The molecule has 0 saturated carbocycles. The molecule has 2 N–H and O–H groups in total. The first-order valence-corrected chi connectivity index (χ1v) is 11.1. The number of carbonyl (C=O) groups excluding carboxylic acids is 2. The van der Waals surface area contributed by atoms with Crippen LogP contribution in [0.4, 0.5) is 20.7 Å². The summed E-state index contributed by atoms with van der Waals surface area (Å²) >= 11 is 5.82. The van der Waals surface area contributed by atoms with Gasteiger partial charge < -0.3 is 15.0 Å². The minimum absolute atomic E-state index is 0.0694. The number of urea groups is 1. The van der Waals surface area contributed by atoms with Gasteiger partial charge in [0, 0.05) is 44.6 Å². The molecule has 4 rings (SSSR count). The number of hydrogen-bond acceptors (Lipinski definition) is 5. The van der Waals surface area contributed by atoms with Crippen LogP contribution in [0.5, 0.6) is 0 Å². The second-order valence-electron chi connectivity index (χ2n) is 8.12. The van der Waals surface area contributed by atoms with Crippen LogP contribution in [-0.2, 0) is 9.53 Å². The fourth-order valence-electron chi connectivity index (χ4n) is 3.84. The van der Waals surface area contributed by atoms with E-state index in [9.17, 15) is 18.8 Å². The minimum Gasteiger partial charge on any atom is -0.380 e. The number of pyridine rings is 2. The molecule has 3 heterocycles. The van der Waals surface area contributed by atoms with Crippen LogP contribution in [0.3, 0.4) is 0 Å². The normalized spacial score (nSPS) is 17.3. The SMILES string of the molecule is CO[C@@H]1C[C@H](C(=O)Nc2ccc(-n3cc(C)ccc3=O)cc2F)N(C(=O)Nc2ccc(Cl)cn2)C1. The number of nitrogens with one attached hydrogen (secondary N) is 2. The van der Waals surface area contributed by atoms with Crippen molar-refractivity contribution in [3.05, 3.63) is 81.6 Å². The molecule has 0 aliphatic carbocycles. The second kappa shape index (κ2) is 10.2. The largest absolute Gasteiger partial charge is 0.380 e. The molecule has 2 aromatic heterocycles. The summed E-state index contributed by atoms with van der Waals surface area (Å²) in [6, 6.07) is 8.81. The first-order chi connectivity index (χ1) is 16.7. The number of aromatic nitrogens is 2. The average molecular weight is 500 g/mol. The minimum atomic E-state index is -0.897. The topological polar surface area (TPSA) is 106 Å². The highest BCUT2D eigenvalue weighted by atomic mass is 35.5. The molecule has 1 saturated heterocycles. The number of carbonyl (C=O) groups is 2. The molecule has 1 aliphatic rings. The Hall–Kier alpha value is -3.76. The van der Waals surface area contributed by atoms with Crippen LogP contribution in [0.15, 0.2) is 59.7 Å². The van der Waals surface area contributed by atoms with Crippen molar-refractivity contribution in [2.24, 2.45) is 0 Å². The molecule has 0 bridgehead atoms. The number of hydrogen-bond donors (Lipinski definition) is 2. The Balaban J connectivity index is 1.51. The van der Waals surface area contributed by atoms with E-state index in [1.54, 1.807) is 18.3 Å². The zero-order valence-electron chi connectivity index (χ0n) is 19.0. The maximum Gasteiger partial charge on any atom is 0.323 e. The van der Waals surface area contributed by atoms with Crippen molar-refractivity contribution in [2.75, 3.05) is 24.3 Å². The molecule has 182 valence electrons. The van der Waals surface area contributed by atoms with Gasteiger partial charge in [-0.3, -0.25) is 19.5 Å². The number of anilines is 2. The van der Waals surface area contributed by atoms with E-state index in [4.69, 9.17) is 16.3 Å². The zero-order valence-corrected chi connectivity index (χ0v) is 19.8. The summed E-state index contributed by atoms with van der Waals surface area (Å²) in [6.45, 7) is 1.99. The van der Waals surface area contributed by atoms with Crippen LogP contribution in [0.25, 0.3) is 5.69 Å². The van der Waals surface area contributed by atoms with E-state index in [1.807, 2.05) is 6.92 Å². The molecular formula is C24H23ClFN5O4. The lowest BCUT2D eigenvalue weighted by Crippen LogP contribution is -2.45. The molecule has 0 spiro atoms. The van der Waals surface area contributed by atoms with E-state index in [1.165, 1.54) is 53.1 Å². The second-order valence-corrected chi connectivity index (χ2v) is 8.56. The van der Waals surface area contributed by atoms with Crippen molar-refractivity contribution in [1.82, 2.24) is 14.5 Å². The first-order valence-electron chi connectivity index (χ1n) is 10.8. The Labute approximate surface area is 205 Å². The summed E-state index contributed by atoms with van der Waals surface area (Å²) in [5, 5.41) is 5.59. The highest BCUT2D eigenvalue weighted by Crippen LogP contribution is 2.24. The van der Waals surface area contributed by atoms with Crippen molar-refractivity contribution in [2.45, 2.75) is 25.5 Å². The third-order valence-electron chi connectivity index (χ3n) is 5.67. The Morgan fingerprint density at radius 1 is 1.17 bits per heavy atom. The monoisotopic (exact) mass is 499 g/mol. The average Bonchev–Trinajstić information content (AvgIpc) is 3.28. The molecule has 1 aliphatic heterocycles. The third-order valence-corrected chi connectivity index (χ3v) is 5.89. The van der Waals surface area contributed by atoms with Crippen molar-refractivity contribution < 1.29 is 18.7 Å². The van der Waals surface area contributed by atoms with Gasteiger partial charge in [0.15, 0.2) is 0 Å². The number of nitrogens with zero attached hydrogens (tertiary/aromatic N) is 3. The van der Waals surface area contributed by atoms with E-state index in [-0.39, 0.29) is 36.1 Å². The number of methoxy groups -OCH3 is 1. The van der Waals surface area contributed by atoms with E-state index in [2.05, 4.69) is 15.6 Å². The van der Waals surface area contributed by atoms with Gasteiger partial charge in [-0.05, 0) is 36.8 Å². The van der Waals surface area contributed by atoms with Gasteiger partial charge in [-0.1, -0.05) is 17.7 Å². The van der Waals surface area contributed by atoms with Crippen LogP contribution >= 0.6 is 11.6 Å². The van der Waals surface area contributed by atoms with Crippen molar-refractivity contribution >= 4 is 35.0 Å². The van der Waals surface area contributed by atoms with Crippen LogP contribution < -0.4 is 16.2 Å². The number of amides is 3. The van der Waals surface area contributed by atoms with E-state index in [0.29, 0.717) is 10.7 Å². The fraction of sp³-hybridized carbons (Fsp3) is 0.250. The summed E-state index contributed by atoms with van der Waals surface area (Å²) in [7, 11) is 1.49. The molecule has 11 heteroatoms. The van der Waals surface area contributed by atoms with E-state index >= 15 is 0 Å². The Kier molecular flexibility index (Phi) is 7.13. The summed E-state index contributed by atoms with van der Waals surface area (Å²) in [6.07, 6.45) is 2.86. The maximum atomic E-state index is 14.9. The number of ether oxygens (including phenoxy) is 1. The summed E-state index contributed by atoms with van der Waals surface area (Å²) in [5.41, 5.74) is 0.787. The molecule has 9 nitrogen and oxygen atoms in total. The Morgan fingerprint density at radius 2 is 1.97 bits per heavy atom. The predicted octanol–water partition coefficient (Wildman–Crippen LogP) is 3.59. The summed E-state index contributed by atoms with van der Waals surface area (Å²) in [4.78, 5) is 43.4. The summed E-state index contributed by atoms with van der Waals surface area (Å²) in [5.74, 6) is -1.01. The number of benzene rings is 1. The third kappa shape index (κ3) is 5.50. The van der Waals surface area contributed by atoms with Crippen LogP contribution in [0.2, 0.25) is 5.02 Å². The highest BCUT2D eigenvalue weighted by Gasteiger charge is 2.40. The number of rotatable bonds is 5. The van der Waals surface area contributed by atoms with E-state index in [0.717, 1.165) is 5.56 Å². The summed E-state index contributed by atoms with van der Waals surface area (Å²) < 4.78 is 21.5. The van der Waals surface area contributed by atoms with Gasteiger partial charge in [0.05, 0.1) is 22.5 Å². The Morgan fingerprint density at radius 3 is 2.66 bits per heavy atom. The van der Waals surface area contributed by atoms with Gasteiger partial charge in [-0.15, -0.1) is 0 Å². The Bertz CT molecular complexity index is 1310. The smallest absolute Gasteiger partial charge is 0.323 e. The van der Waals surface area contributed by atoms with Gasteiger partial charge in [-0.2, -0.15) is 0 Å². The standard InChI is InChI=1S/C24H23ClFN5O4/c1-14-3-8-22(32)30(12-14)16-5-6-19(18(26)9-16)28-23(33)20-10-17(35-2)13-31(20)24(34)29-21-7-4-15(25)11-27-21/h3-9,11-12,17,20H,10,13H2,1-2H3,(H,28,33)(H,27,29,34)/t17-,20-/m1/s1. The lowest BCUT2D eigenvalue weighted by atomic mass is 10.1. The molecule has 35 heavy (non-hydrogen) atoms. The van der Waals surface area contributed by atoms with Gasteiger partial charge in [-0.25, -0.2) is 14.2 Å². The molecule has 2 atom stereocenters. The lowest BCUT2D eigenvalue weighted by Gasteiger charge is -2.24. The van der Waals surface area contributed by atoms with Crippen molar-refractivity contribution in [3.63, 3.8) is 0 Å². The highest BCUT2D eigenvalue weighted by molar-refractivity contribution is 6.30. The van der Waals surface area contributed by atoms with Crippen LogP contribution in [0.1, 0.15) is 12.0 Å². The zero-order chi connectivity index (χ0) is 25.1. The molecule has 3 amide bonds. The maximum absolute atomic E-state index is 14.9. The van der Waals surface area contributed by atoms with Gasteiger partial charge in [0.2, 0.25) is 5.91 Å². The quantitative estimate of drug-likeness (QED) is 0.558. The first kappa shape index (κ1) is 24.4. The number of likely N-dealkylation sites (tertiary alicyclic amines) is 1. The predicted molar refractivity (Wildman–Crippen MR) is 130 cm³/mol. The molecule has 1 aromatic carbocycles. The lowest BCUT2D eigenvalue weighted by molar-refractivity contribution is -0.119. The number of halogens is 2. The van der Waals surface area contributed by atoms with Crippen molar-refractivity contribution in [3.8, 4) is 5.69 Å². The van der Waals surface area contributed by atoms with Gasteiger partial charge in [0.1, 0.15) is 17.7 Å². The van der Waals surface area contributed by atoms with Crippen LogP contribution in [-0.4, -0.2) is 52.2 Å². The number of aryl methyl sites for hydroxylation is 1. The van der Waals surface area contributed by atoms with Gasteiger partial charge >= 0.3 is 6.03 Å². The van der Waals surface area contributed by atoms with Crippen molar-refractivity contribution in [1.29, 1.82) is 0 Å².